The van der Waals surface area contributed by atoms with Gasteiger partial charge in [0, 0.05) is 0 Å². The molecule has 134 valence electrons. The molecule has 4 nitrogen and oxygen atoms in total. The largest absolute Gasteiger partial charge is 0.494 e. The molecule has 1 heterocycles. The zero-order valence-electron chi connectivity index (χ0n) is 14.9. The Balaban J connectivity index is 1.79. The normalized spacial score (nSPS) is 17.8. The van der Waals surface area contributed by atoms with Crippen LogP contribution in [0.1, 0.15) is 30.1 Å². The van der Waals surface area contributed by atoms with Gasteiger partial charge in [-0.3, -0.25) is 0 Å². The van der Waals surface area contributed by atoms with E-state index in [0.717, 1.165) is 44.2 Å². The van der Waals surface area contributed by atoms with Gasteiger partial charge in [0.2, 0.25) is 0 Å². The molecule has 0 saturated carbocycles. The Kier molecular flexibility index (Phi) is 6.45. The molecule has 0 amide bonds. The van der Waals surface area contributed by atoms with Crippen LogP contribution >= 0.6 is 0 Å². The maximum Gasteiger partial charge on any atom is 0.119 e. The van der Waals surface area contributed by atoms with Crippen LogP contribution in [0.4, 0.5) is 0 Å². The van der Waals surface area contributed by atoms with Crippen molar-refractivity contribution in [2.75, 3.05) is 39.5 Å². The Labute approximate surface area is 150 Å². The van der Waals surface area contributed by atoms with Crippen LogP contribution < -0.4 is 9.64 Å². The summed E-state index contributed by atoms with van der Waals surface area (Å²) in [5, 5.41) is 11.1. The van der Waals surface area contributed by atoms with Crippen molar-refractivity contribution in [3.05, 3.63) is 65.7 Å². The van der Waals surface area contributed by atoms with E-state index in [1.54, 1.807) is 0 Å². The van der Waals surface area contributed by atoms with Crippen LogP contribution in [0.5, 0.6) is 5.75 Å². The molecule has 2 atom stereocenters. The van der Waals surface area contributed by atoms with Gasteiger partial charge in [0.25, 0.3) is 0 Å². The van der Waals surface area contributed by atoms with Crippen molar-refractivity contribution < 1.29 is 19.5 Å². The highest BCUT2D eigenvalue weighted by Gasteiger charge is 2.28. The Morgan fingerprint density at radius 3 is 2.32 bits per heavy atom. The minimum atomic E-state index is -0.534. The molecule has 2 N–H and O–H groups in total. The van der Waals surface area contributed by atoms with Crippen LogP contribution in [-0.4, -0.2) is 44.6 Å². The molecule has 2 aromatic carbocycles. The summed E-state index contributed by atoms with van der Waals surface area (Å²) in [5.74, 6) is 0.903. The Morgan fingerprint density at radius 1 is 1.00 bits per heavy atom. The van der Waals surface area contributed by atoms with Gasteiger partial charge in [-0.2, -0.15) is 0 Å². The average molecular weight is 342 g/mol. The van der Waals surface area contributed by atoms with Gasteiger partial charge in [-0.1, -0.05) is 42.5 Å². The summed E-state index contributed by atoms with van der Waals surface area (Å²) in [6.07, 6.45) is -0.534. The zero-order valence-corrected chi connectivity index (χ0v) is 14.9. The predicted molar refractivity (Wildman–Crippen MR) is 98.1 cm³/mol. The smallest absolute Gasteiger partial charge is 0.119 e. The number of rotatable bonds is 7. The van der Waals surface area contributed by atoms with Crippen molar-refractivity contribution in [2.45, 2.75) is 18.9 Å². The van der Waals surface area contributed by atoms with Gasteiger partial charge in [0.1, 0.15) is 18.8 Å². The van der Waals surface area contributed by atoms with Crippen molar-refractivity contribution in [2.24, 2.45) is 0 Å². The van der Waals surface area contributed by atoms with Gasteiger partial charge < -0.3 is 19.5 Å². The second kappa shape index (κ2) is 8.99. The lowest BCUT2D eigenvalue weighted by Crippen LogP contribution is -3.14. The third-order valence-corrected chi connectivity index (χ3v) is 4.85. The number of hydrogen-bond donors (Lipinski definition) is 2. The number of quaternary nitrogens is 1. The van der Waals surface area contributed by atoms with E-state index in [1.807, 2.05) is 49.4 Å². The van der Waals surface area contributed by atoms with Crippen LogP contribution in [0, 0.1) is 0 Å². The number of aliphatic hydroxyl groups is 1. The highest BCUT2D eigenvalue weighted by Crippen LogP contribution is 2.31. The van der Waals surface area contributed by atoms with E-state index < -0.39 is 6.10 Å². The summed E-state index contributed by atoms with van der Waals surface area (Å²) < 4.78 is 11.0. The topological polar surface area (TPSA) is 43.1 Å². The number of aliphatic hydroxyl groups excluding tert-OH is 1. The molecule has 4 heteroatoms. The molecule has 25 heavy (non-hydrogen) atoms. The van der Waals surface area contributed by atoms with Gasteiger partial charge in [-0.05, 0) is 30.2 Å². The van der Waals surface area contributed by atoms with Gasteiger partial charge in [-0.25, -0.2) is 0 Å². The third-order valence-electron chi connectivity index (χ3n) is 4.85. The summed E-state index contributed by atoms with van der Waals surface area (Å²) in [7, 11) is 0. The lowest BCUT2D eigenvalue weighted by molar-refractivity contribution is -0.909. The van der Waals surface area contributed by atoms with Gasteiger partial charge in [-0.15, -0.1) is 0 Å². The molecule has 1 saturated heterocycles. The van der Waals surface area contributed by atoms with Crippen molar-refractivity contribution in [1.29, 1.82) is 0 Å². The number of nitrogens with one attached hydrogen (secondary N) is 1. The predicted octanol–water partition coefficient (Wildman–Crippen LogP) is 1.82. The van der Waals surface area contributed by atoms with Crippen molar-refractivity contribution in [3.8, 4) is 5.75 Å². The summed E-state index contributed by atoms with van der Waals surface area (Å²) >= 11 is 0. The minimum absolute atomic E-state index is 0.0623. The second-order valence-corrected chi connectivity index (χ2v) is 6.53. The second-order valence-electron chi connectivity index (χ2n) is 6.53. The number of ether oxygens (including phenoxy) is 2. The first-order valence-electron chi connectivity index (χ1n) is 9.15. The molecule has 0 spiro atoms. The zero-order chi connectivity index (χ0) is 17.5. The van der Waals surface area contributed by atoms with Crippen molar-refractivity contribution >= 4 is 0 Å². The van der Waals surface area contributed by atoms with E-state index in [4.69, 9.17) is 9.47 Å². The quantitative estimate of drug-likeness (QED) is 0.807. The lowest BCUT2D eigenvalue weighted by atomic mass is 9.88. The molecule has 0 aromatic heterocycles. The van der Waals surface area contributed by atoms with Crippen LogP contribution in [-0.2, 0) is 4.74 Å². The molecule has 1 fully saturated rings. The first-order chi connectivity index (χ1) is 12.3. The van der Waals surface area contributed by atoms with E-state index >= 15 is 0 Å². The van der Waals surface area contributed by atoms with E-state index in [1.165, 1.54) is 10.5 Å². The highest BCUT2D eigenvalue weighted by molar-refractivity contribution is 5.31. The number of hydrogen-bond acceptors (Lipinski definition) is 3. The fourth-order valence-electron chi connectivity index (χ4n) is 3.45. The van der Waals surface area contributed by atoms with Crippen molar-refractivity contribution in [1.82, 2.24) is 0 Å². The maximum atomic E-state index is 11.1. The van der Waals surface area contributed by atoms with Gasteiger partial charge in [0.15, 0.2) is 0 Å². The van der Waals surface area contributed by atoms with Gasteiger partial charge in [0.05, 0.1) is 38.4 Å². The van der Waals surface area contributed by atoms with Gasteiger partial charge >= 0.3 is 0 Å². The first kappa shape index (κ1) is 17.9. The summed E-state index contributed by atoms with van der Waals surface area (Å²) in [5.41, 5.74) is 2.12. The molecule has 2 aromatic rings. The molecule has 1 aliphatic rings. The number of benzene rings is 2. The highest BCUT2D eigenvalue weighted by atomic mass is 16.5. The monoisotopic (exact) mass is 342 g/mol. The summed E-state index contributed by atoms with van der Waals surface area (Å²) in [6, 6.07) is 18.2. The molecule has 0 bridgehead atoms. The average Bonchev–Trinajstić information content (AvgIpc) is 2.68. The fraction of sp³-hybridized carbons (Fsp3) is 0.429. The molecule has 0 unspecified atom stereocenters. The Morgan fingerprint density at radius 2 is 1.68 bits per heavy atom. The fourth-order valence-corrected chi connectivity index (χ4v) is 3.45. The standard InChI is InChI=1S/C21H27NO3/c1-2-25-19-10-8-18(9-11-19)21(23)20(17-6-4-3-5-7-17)16-22-12-14-24-15-13-22/h3-11,20-21,23H,2,12-16H2,1H3/p+1/t20-,21+/m0/s1. The van der Waals surface area contributed by atoms with Crippen LogP contribution in [0.15, 0.2) is 54.6 Å². The van der Waals surface area contributed by atoms with Crippen LogP contribution in [0.2, 0.25) is 0 Å². The Hall–Kier alpha value is -1.88. The lowest BCUT2D eigenvalue weighted by Gasteiger charge is -2.30. The third kappa shape index (κ3) is 4.82. The number of morpholine rings is 1. The molecular formula is C21H28NO3+. The molecule has 0 radical (unpaired) electrons. The van der Waals surface area contributed by atoms with E-state index in [9.17, 15) is 5.11 Å². The molecule has 0 aliphatic carbocycles. The molecular weight excluding hydrogens is 314 g/mol. The Bertz CT molecular complexity index is 623. The summed E-state index contributed by atoms with van der Waals surface area (Å²) in [4.78, 5) is 1.49. The van der Waals surface area contributed by atoms with E-state index in [-0.39, 0.29) is 5.92 Å². The van der Waals surface area contributed by atoms with E-state index in [2.05, 4.69) is 12.1 Å². The maximum absolute atomic E-state index is 11.1. The molecule has 1 aliphatic heterocycles. The summed E-state index contributed by atoms with van der Waals surface area (Å²) in [6.45, 7) is 7.13. The van der Waals surface area contributed by atoms with Crippen molar-refractivity contribution in [3.63, 3.8) is 0 Å². The molecule has 3 rings (SSSR count). The first-order valence-corrected chi connectivity index (χ1v) is 9.15. The SMILES string of the molecule is CCOc1ccc([C@@H](O)[C@@H](C[NH+]2CCOCC2)c2ccccc2)cc1. The van der Waals surface area contributed by atoms with E-state index in [0.29, 0.717) is 6.61 Å². The van der Waals surface area contributed by atoms with Crippen LogP contribution in [0.25, 0.3) is 0 Å². The van der Waals surface area contributed by atoms with Crippen LogP contribution in [0.3, 0.4) is 0 Å². The minimum Gasteiger partial charge on any atom is -0.494 e.